The van der Waals surface area contributed by atoms with E-state index in [2.05, 4.69) is 10.6 Å². The number of nitrogens with zero attached hydrogens (tertiary/aromatic N) is 1. The molecule has 2 atom stereocenters. The normalized spacial score (nSPS) is 17.6. The van der Waals surface area contributed by atoms with Crippen molar-refractivity contribution >= 4 is 93.0 Å². The van der Waals surface area contributed by atoms with Crippen LogP contribution in [0.5, 0.6) is 0 Å². The number of anilines is 3. The van der Waals surface area contributed by atoms with E-state index in [1.54, 1.807) is 69.3 Å². The zero-order valence-electron chi connectivity index (χ0n) is 21.4. The van der Waals surface area contributed by atoms with Gasteiger partial charge in [0.1, 0.15) is 4.33 Å². The molecular weight excluding hydrogens is 620 g/mol. The Hall–Kier alpha value is -2.68. The van der Waals surface area contributed by atoms with Crippen molar-refractivity contribution in [2.45, 2.75) is 36.6 Å². The van der Waals surface area contributed by atoms with Gasteiger partial charge in [-0.25, -0.2) is 4.79 Å². The smallest absolute Gasteiger partial charge is 0.412 e. The van der Waals surface area contributed by atoms with Gasteiger partial charge in [-0.1, -0.05) is 34.8 Å². The average Bonchev–Trinajstić information content (AvgIpc) is 3.41. The number of amides is 3. The zero-order chi connectivity index (χ0) is 29.6. The third-order valence-electron chi connectivity index (χ3n) is 6.30. The molecule has 210 valence electrons. The fourth-order valence-electron chi connectivity index (χ4n) is 4.50. The number of carbonyl (C=O) groups excluding carboxylic acids is 2. The Morgan fingerprint density at radius 3 is 1.98 bits per heavy atom. The molecule has 3 aromatic carbocycles. The Morgan fingerprint density at radius 1 is 0.850 bits per heavy atom. The Bertz CT molecular complexity index is 1470. The highest BCUT2D eigenvalue weighted by Crippen LogP contribution is 2.65. The molecule has 1 aliphatic rings. The number of carboxylic acid groups (broad SMARTS) is 1. The minimum Gasteiger partial charge on any atom is -0.465 e. The highest BCUT2D eigenvalue weighted by atomic mass is 35.5. The van der Waals surface area contributed by atoms with Crippen molar-refractivity contribution in [3.8, 4) is 0 Å². The first-order chi connectivity index (χ1) is 18.6. The molecule has 0 aliphatic heterocycles. The lowest BCUT2D eigenvalue weighted by Crippen LogP contribution is -2.45. The molecule has 0 spiro atoms. The second-order valence-corrected chi connectivity index (χ2v) is 13.0. The van der Waals surface area contributed by atoms with Crippen LogP contribution in [0, 0.1) is 5.92 Å². The van der Waals surface area contributed by atoms with Crippen molar-refractivity contribution in [1.29, 1.82) is 0 Å². The Morgan fingerprint density at radius 2 is 1.43 bits per heavy atom. The first-order valence-electron chi connectivity index (χ1n) is 12.0. The van der Waals surface area contributed by atoms with Gasteiger partial charge in [-0.3, -0.25) is 14.5 Å². The predicted molar refractivity (Wildman–Crippen MR) is 162 cm³/mol. The summed E-state index contributed by atoms with van der Waals surface area (Å²) in [6, 6.07) is 15.7. The highest BCUT2D eigenvalue weighted by molar-refractivity contribution is 6.53. The molecule has 7 nitrogen and oxygen atoms in total. The quantitative estimate of drug-likeness (QED) is 0.234. The van der Waals surface area contributed by atoms with E-state index in [4.69, 9.17) is 58.0 Å². The van der Waals surface area contributed by atoms with E-state index in [9.17, 15) is 19.5 Å². The van der Waals surface area contributed by atoms with Crippen LogP contribution >= 0.6 is 58.0 Å². The molecule has 40 heavy (non-hydrogen) atoms. The van der Waals surface area contributed by atoms with Gasteiger partial charge in [-0.2, -0.15) is 0 Å². The maximum atomic E-state index is 13.1. The summed E-state index contributed by atoms with van der Waals surface area (Å²) in [4.78, 5) is 39.1. The Labute approximate surface area is 256 Å². The maximum absolute atomic E-state index is 13.1. The highest BCUT2D eigenvalue weighted by Gasteiger charge is 2.67. The monoisotopic (exact) mass is 641 g/mol. The number of alkyl halides is 2. The van der Waals surface area contributed by atoms with Crippen LogP contribution in [-0.2, 0) is 4.79 Å². The SMILES string of the molecule is CC(C)(C)N(C(=O)O)c1ccc(NC(=O)c2cc(NC(=O)[C@H]3[C@H](c4cc(Cl)cc(Cl)c4)C3(Cl)Cl)ccc2Cl)cc1. The molecule has 12 heteroatoms. The van der Waals surface area contributed by atoms with Crippen molar-refractivity contribution in [1.82, 2.24) is 0 Å². The molecule has 0 radical (unpaired) electrons. The van der Waals surface area contributed by atoms with Crippen LogP contribution in [0.1, 0.15) is 42.6 Å². The van der Waals surface area contributed by atoms with E-state index in [0.29, 0.717) is 32.7 Å². The summed E-state index contributed by atoms with van der Waals surface area (Å²) in [6.07, 6.45) is -1.09. The molecule has 1 fully saturated rings. The zero-order valence-corrected chi connectivity index (χ0v) is 25.2. The topological polar surface area (TPSA) is 98.7 Å². The van der Waals surface area contributed by atoms with Crippen molar-refractivity contribution in [3.05, 3.63) is 86.9 Å². The number of benzene rings is 3. The lowest BCUT2D eigenvalue weighted by Gasteiger charge is -2.33. The Kier molecular flexibility index (Phi) is 8.56. The van der Waals surface area contributed by atoms with E-state index in [1.807, 2.05) is 0 Å². The molecule has 0 aromatic heterocycles. The molecule has 0 bridgehead atoms. The van der Waals surface area contributed by atoms with Gasteiger partial charge < -0.3 is 15.7 Å². The summed E-state index contributed by atoms with van der Waals surface area (Å²) in [5, 5.41) is 16.0. The van der Waals surface area contributed by atoms with Crippen molar-refractivity contribution in [2.24, 2.45) is 5.92 Å². The van der Waals surface area contributed by atoms with E-state index in [0.717, 1.165) is 0 Å². The predicted octanol–water partition coefficient (Wildman–Crippen LogP) is 8.71. The Balaban J connectivity index is 1.47. The van der Waals surface area contributed by atoms with E-state index in [-0.39, 0.29) is 10.6 Å². The molecular formula is C28H24Cl5N3O4. The van der Waals surface area contributed by atoms with Crippen LogP contribution in [0.15, 0.2) is 60.7 Å². The molecule has 4 rings (SSSR count). The lowest BCUT2D eigenvalue weighted by molar-refractivity contribution is -0.117. The maximum Gasteiger partial charge on any atom is 0.412 e. The molecule has 3 N–H and O–H groups in total. The number of nitrogens with one attached hydrogen (secondary N) is 2. The molecule has 0 unspecified atom stereocenters. The molecule has 3 amide bonds. The standard InChI is InChI=1S/C28H24Cl5N3O4/c1-27(2,3)36(26(39)40)19-7-4-17(5-8-19)34-24(37)20-13-18(6-9-21(20)31)35-25(38)23-22(28(23,32)33)14-10-15(29)12-16(30)11-14/h4-13,22-23H,1-3H3,(H,34,37)(H,35,38)(H,39,40)/t22-,23+/m0/s1. The number of rotatable bonds is 6. The average molecular weight is 644 g/mol. The summed E-state index contributed by atoms with van der Waals surface area (Å²) < 4.78 is -1.36. The van der Waals surface area contributed by atoms with Gasteiger partial charge in [0.25, 0.3) is 5.91 Å². The minimum absolute atomic E-state index is 0.113. The summed E-state index contributed by atoms with van der Waals surface area (Å²) in [6.45, 7) is 5.34. The van der Waals surface area contributed by atoms with Crippen molar-refractivity contribution in [2.75, 3.05) is 15.5 Å². The molecule has 0 saturated heterocycles. The first kappa shape index (κ1) is 30.3. The van der Waals surface area contributed by atoms with E-state index in [1.165, 1.54) is 17.0 Å². The summed E-state index contributed by atoms with van der Waals surface area (Å²) in [5.41, 5.74) is 1.28. The number of carbonyl (C=O) groups is 3. The second-order valence-electron chi connectivity index (χ2n) is 10.3. The lowest BCUT2D eigenvalue weighted by atomic mass is 10.1. The van der Waals surface area contributed by atoms with Crippen molar-refractivity contribution in [3.63, 3.8) is 0 Å². The fraction of sp³-hybridized carbons (Fsp3) is 0.250. The van der Waals surface area contributed by atoms with Gasteiger partial charge in [-0.05, 0) is 87.0 Å². The summed E-state index contributed by atoms with van der Waals surface area (Å²) >= 11 is 31.4. The van der Waals surface area contributed by atoms with E-state index < -0.39 is 39.6 Å². The van der Waals surface area contributed by atoms with Crippen LogP contribution in [0.2, 0.25) is 15.1 Å². The van der Waals surface area contributed by atoms with Gasteiger partial charge in [-0.15, -0.1) is 23.2 Å². The molecule has 1 aliphatic carbocycles. The van der Waals surface area contributed by atoms with Crippen LogP contribution in [0.3, 0.4) is 0 Å². The number of hydrogen-bond acceptors (Lipinski definition) is 3. The van der Waals surface area contributed by atoms with Crippen LogP contribution in [0.25, 0.3) is 0 Å². The van der Waals surface area contributed by atoms with Crippen molar-refractivity contribution < 1.29 is 19.5 Å². The van der Waals surface area contributed by atoms with Gasteiger partial charge in [0.15, 0.2) is 0 Å². The largest absolute Gasteiger partial charge is 0.465 e. The van der Waals surface area contributed by atoms with Gasteiger partial charge >= 0.3 is 6.09 Å². The van der Waals surface area contributed by atoms with Crippen LogP contribution in [0.4, 0.5) is 21.9 Å². The van der Waals surface area contributed by atoms with Crippen LogP contribution in [-0.4, -0.2) is 32.9 Å². The molecule has 1 saturated carbocycles. The van der Waals surface area contributed by atoms with Gasteiger partial charge in [0.2, 0.25) is 5.91 Å². The van der Waals surface area contributed by atoms with E-state index >= 15 is 0 Å². The number of halogens is 5. The van der Waals surface area contributed by atoms with Crippen LogP contribution < -0.4 is 15.5 Å². The second kappa shape index (κ2) is 11.3. The first-order valence-corrected chi connectivity index (χ1v) is 13.9. The molecule has 3 aromatic rings. The molecule has 0 heterocycles. The number of hydrogen-bond donors (Lipinski definition) is 3. The third kappa shape index (κ3) is 6.45. The van der Waals surface area contributed by atoms with Gasteiger partial charge in [0, 0.05) is 38.6 Å². The fourth-order valence-corrected chi connectivity index (χ4v) is 6.07. The van der Waals surface area contributed by atoms with Gasteiger partial charge in [0.05, 0.1) is 16.5 Å². The minimum atomic E-state index is -1.36. The third-order valence-corrected chi connectivity index (χ3v) is 8.01. The summed E-state index contributed by atoms with van der Waals surface area (Å²) in [7, 11) is 0. The summed E-state index contributed by atoms with van der Waals surface area (Å²) in [5.74, 6) is -2.28.